The fourth-order valence-corrected chi connectivity index (χ4v) is 4.56. The van der Waals surface area contributed by atoms with Crippen molar-refractivity contribution in [3.05, 3.63) is 47.9 Å². The van der Waals surface area contributed by atoms with Gasteiger partial charge >= 0.3 is 0 Å². The maximum Gasteiger partial charge on any atom is 0.233 e. The number of anilines is 1. The van der Waals surface area contributed by atoms with Gasteiger partial charge in [0.15, 0.2) is 15.8 Å². The van der Waals surface area contributed by atoms with Crippen LogP contribution in [0.25, 0.3) is 0 Å². The topological polar surface area (TPSA) is 89.7 Å². The molecule has 0 aliphatic carbocycles. The number of fused-ring (bicyclic) bond motifs is 1. The van der Waals surface area contributed by atoms with E-state index in [1.165, 1.54) is 23.1 Å². The number of hydrogen-bond donors (Lipinski definition) is 1. The fourth-order valence-electron chi connectivity index (χ4n) is 2.91. The van der Waals surface area contributed by atoms with Gasteiger partial charge in [-0.05, 0) is 36.8 Å². The van der Waals surface area contributed by atoms with Crippen molar-refractivity contribution in [1.82, 2.24) is 15.1 Å². The van der Waals surface area contributed by atoms with Gasteiger partial charge in [0, 0.05) is 13.1 Å². The summed E-state index contributed by atoms with van der Waals surface area (Å²) in [6.45, 7) is 4.78. The number of nitrogens with one attached hydrogen (secondary N) is 1. The molecule has 8 nitrogen and oxygen atoms in total. The van der Waals surface area contributed by atoms with Gasteiger partial charge in [-0.2, -0.15) is 0 Å². The van der Waals surface area contributed by atoms with Crippen molar-refractivity contribution in [2.75, 3.05) is 30.8 Å². The van der Waals surface area contributed by atoms with Gasteiger partial charge in [0.1, 0.15) is 19.0 Å². The van der Waals surface area contributed by atoms with Crippen LogP contribution in [0.2, 0.25) is 0 Å². The quantitative estimate of drug-likeness (QED) is 0.498. The Morgan fingerprint density at radius 2 is 2.10 bits per heavy atom. The van der Waals surface area contributed by atoms with E-state index in [2.05, 4.69) is 15.5 Å². The van der Waals surface area contributed by atoms with E-state index in [0.29, 0.717) is 43.7 Å². The molecule has 3 heterocycles. The number of furan rings is 1. The number of hydrogen-bond acceptors (Lipinski definition) is 9. The number of carbonyl (C=O) groups is 1. The molecule has 2 aromatic heterocycles. The van der Waals surface area contributed by atoms with E-state index in [1.54, 1.807) is 6.26 Å². The van der Waals surface area contributed by atoms with E-state index >= 15 is 0 Å². The second-order valence-corrected chi connectivity index (χ2v) is 8.68. The Kier molecular flexibility index (Phi) is 6.75. The lowest BCUT2D eigenvalue weighted by molar-refractivity contribution is -0.128. The molecule has 30 heavy (non-hydrogen) atoms. The first kappa shape index (κ1) is 20.5. The van der Waals surface area contributed by atoms with Crippen molar-refractivity contribution < 1.29 is 18.7 Å². The zero-order valence-corrected chi connectivity index (χ0v) is 18.1. The number of nitrogens with zero attached hydrogens (tertiary/aromatic N) is 3. The molecular weight excluding hydrogens is 424 g/mol. The van der Waals surface area contributed by atoms with Gasteiger partial charge in [-0.15, -0.1) is 10.2 Å². The number of benzene rings is 1. The zero-order valence-electron chi connectivity index (χ0n) is 16.5. The lowest BCUT2D eigenvalue weighted by atomic mass is 10.2. The number of rotatable bonds is 9. The average Bonchev–Trinajstić information content (AvgIpc) is 3.46. The molecule has 1 amide bonds. The Morgan fingerprint density at radius 3 is 2.90 bits per heavy atom. The van der Waals surface area contributed by atoms with Crippen LogP contribution < -0.4 is 14.8 Å². The van der Waals surface area contributed by atoms with E-state index in [-0.39, 0.29) is 5.91 Å². The second-order valence-electron chi connectivity index (χ2n) is 6.48. The van der Waals surface area contributed by atoms with Crippen molar-refractivity contribution in [2.24, 2.45) is 0 Å². The summed E-state index contributed by atoms with van der Waals surface area (Å²) < 4.78 is 17.2. The first-order valence-electron chi connectivity index (χ1n) is 9.60. The Bertz CT molecular complexity index is 977. The third-order valence-corrected chi connectivity index (χ3v) is 6.43. The molecule has 0 saturated heterocycles. The molecule has 0 spiro atoms. The maximum atomic E-state index is 12.7. The van der Waals surface area contributed by atoms with Gasteiger partial charge in [0.25, 0.3) is 0 Å². The smallest absolute Gasteiger partial charge is 0.233 e. The number of ether oxygens (including phenoxy) is 2. The summed E-state index contributed by atoms with van der Waals surface area (Å²) in [7, 11) is 0. The van der Waals surface area contributed by atoms with Gasteiger partial charge < -0.3 is 24.1 Å². The molecule has 1 aromatic carbocycles. The van der Waals surface area contributed by atoms with Crippen LogP contribution in [-0.2, 0) is 17.9 Å². The van der Waals surface area contributed by atoms with E-state index in [9.17, 15) is 4.79 Å². The summed E-state index contributed by atoms with van der Waals surface area (Å²) in [6, 6.07) is 9.55. The number of amides is 1. The van der Waals surface area contributed by atoms with Gasteiger partial charge in [-0.3, -0.25) is 4.79 Å². The molecule has 0 saturated carbocycles. The highest BCUT2D eigenvalue weighted by Crippen LogP contribution is 2.31. The first-order valence-corrected chi connectivity index (χ1v) is 11.4. The Hall–Kier alpha value is -2.72. The van der Waals surface area contributed by atoms with Crippen LogP contribution in [0.1, 0.15) is 18.2 Å². The van der Waals surface area contributed by atoms with Gasteiger partial charge in [0.05, 0.1) is 18.6 Å². The SMILES string of the molecule is CCN(Cc1ccc2c(c1)OCCO2)C(=O)CSc1nnc(NCc2ccco2)s1. The van der Waals surface area contributed by atoms with E-state index in [4.69, 9.17) is 13.9 Å². The third kappa shape index (κ3) is 5.25. The van der Waals surface area contributed by atoms with Gasteiger partial charge in [0.2, 0.25) is 11.0 Å². The maximum absolute atomic E-state index is 12.7. The van der Waals surface area contributed by atoms with Crippen LogP contribution in [0.5, 0.6) is 11.5 Å². The van der Waals surface area contributed by atoms with Crippen LogP contribution in [-0.4, -0.2) is 46.5 Å². The minimum absolute atomic E-state index is 0.0534. The molecular formula is C20H22N4O4S2. The monoisotopic (exact) mass is 446 g/mol. The largest absolute Gasteiger partial charge is 0.486 e. The van der Waals surface area contributed by atoms with Crippen LogP contribution in [0.3, 0.4) is 0 Å². The molecule has 0 unspecified atom stereocenters. The lowest BCUT2D eigenvalue weighted by Crippen LogP contribution is -2.31. The summed E-state index contributed by atoms with van der Waals surface area (Å²) >= 11 is 2.82. The van der Waals surface area contributed by atoms with E-state index in [1.807, 2.05) is 42.2 Å². The molecule has 10 heteroatoms. The molecule has 1 aliphatic heterocycles. The third-order valence-electron chi connectivity index (χ3n) is 4.43. The molecule has 4 rings (SSSR count). The summed E-state index contributed by atoms with van der Waals surface area (Å²) in [5, 5.41) is 12.1. The predicted octanol–water partition coefficient (Wildman–Crippen LogP) is 3.66. The van der Waals surface area contributed by atoms with Crippen LogP contribution >= 0.6 is 23.1 Å². The minimum atomic E-state index is 0.0534. The second kappa shape index (κ2) is 9.86. The van der Waals surface area contributed by atoms with Crippen LogP contribution in [0.15, 0.2) is 45.4 Å². The number of carbonyl (C=O) groups excluding carboxylic acids is 1. The Balaban J connectivity index is 1.28. The van der Waals surface area contributed by atoms with E-state index in [0.717, 1.165) is 27.2 Å². The normalized spacial score (nSPS) is 12.6. The fraction of sp³-hybridized carbons (Fsp3) is 0.350. The lowest BCUT2D eigenvalue weighted by Gasteiger charge is -2.23. The van der Waals surface area contributed by atoms with Crippen molar-refractivity contribution in [3.8, 4) is 11.5 Å². The standard InChI is InChI=1S/C20H22N4O4S2/c1-2-24(12-14-5-6-16-17(10-14)28-9-8-27-16)18(25)13-29-20-23-22-19(30-20)21-11-15-4-3-7-26-15/h3-7,10H,2,8-9,11-13H2,1H3,(H,21,22). The highest BCUT2D eigenvalue weighted by molar-refractivity contribution is 8.01. The summed E-state index contributed by atoms with van der Waals surface area (Å²) in [4.78, 5) is 14.5. The highest BCUT2D eigenvalue weighted by atomic mass is 32.2. The van der Waals surface area contributed by atoms with Crippen molar-refractivity contribution in [1.29, 1.82) is 0 Å². The van der Waals surface area contributed by atoms with Gasteiger partial charge in [-0.1, -0.05) is 29.2 Å². The average molecular weight is 447 g/mol. The first-order chi connectivity index (χ1) is 14.7. The van der Waals surface area contributed by atoms with Crippen LogP contribution in [0.4, 0.5) is 5.13 Å². The molecule has 0 radical (unpaired) electrons. The molecule has 0 atom stereocenters. The predicted molar refractivity (Wildman–Crippen MR) is 115 cm³/mol. The van der Waals surface area contributed by atoms with Crippen LogP contribution in [0, 0.1) is 0 Å². The highest BCUT2D eigenvalue weighted by Gasteiger charge is 2.17. The molecule has 3 aromatic rings. The Labute approximate surface area is 182 Å². The molecule has 1 N–H and O–H groups in total. The van der Waals surface area contributed by atoms with Gasteiger partial charge in [-0.25, -0.2) is 0 Å². The van der Waals surface area contributed by atoms with Crippen molar-refractivity contribution in [2.45, 2.75) is 24.4 Å². The number of thioether (sulfide) groups is 1. The molecule has 0 bridgehead atoms. The summed E-state index contributed by atoms with van der Waals surface area (Å²) in [5.41, 5.74) is 1.01. The van der Waals surface area contributed by atoms with E-state index < -0.39 is 0 Å². The summed E-state index contributed by atoms with van der Waals surface area (Å²) in [5.74, 6) is 2.68. The zero-order chi connectivity index (χ0) is 20.8. The number of aromatic nitrogens is 2. The molecule has 0 fully saturated rings. The van der Waals surface area contributed by atoms with Crippen molar-refractivity contribution >= 4 is 34.1 Å². The van der Waals surface area contributed by atoms with Crippen molar-refractivity contribution in [3.63, 3.8) is 0 Å². The minimum Gasteiger partial charge on any atom is -0.486 e. The molecule has 158 valence electrons. The molecule has 1 aliphatic rings. The Morgan fingerprint density at radius 1 is 1.23 bits per heavy atom. The summed E-state index contributed by atoms with van der Waals surface area (Å²) in [6.07, 6.45) is 1.63.